The van der Waals surface area contributed by atoms with E-state index in [1.54, 1.807) is 19.1 Å². The van der Waals surface area contributed by atoms with Crippen molar-refractivity contribution in [2.75, 3.05) is 0 Å². The minimum absolute atomic E-state index is 0. The van der Waals surface area contributed by atoms with Gasteiger partial charge in [0.2, 0.25) is 0 Å². The van der Waals surface area contributed by atoms with Gasteiger partial charge in [0.1, 0.15) is 11.3 Å². The van der Waals surface area contributed by atoms with Crippen LogP contribution in [0, 0.1) is 6.92 Å². The first-order valence-electron chi connectivity index (χ1n) is 8.43. The number of rotatable bonds is 2. The zero-order chi connectivity index (χ0) is 19.2. The maximum atomic E-state index is 12.4. The molecule has 2 aromatic carbocycles. The molecule has 1 heterocycles. The monoisotopic (exact) mass is 414 g/mol. The van der Waals surface area contributed by atoms with Crippen LogP contribution >= 0.6 is 0 Å². The molecule has 4 nitrogen and oxygen atoms in total. The molecule has 1 aromatic heterocycles. The van der Waals surface area contributed by atoms with Gasteiger partial charge in [-0.25, -0.2) is 16.9 Å². The molecule has 0 unspecified atom stereocenters. The molecule has 0 saturated heterocycles. The summed E-state index contributed by atoms with van der Waals surface area (Å²) in [4.78, 5) is 11.6. The van der Waals surface area contributed by atoms with Crippen molar-refractivity contribution in [3.8, 4) is 5.75 Å². The molecule has 0 spiro atoms. The fourth-order valence-corrected chi connectivity index (χ4v) is 2.69. The van der Waals surface area contributed by atoms with Crippen molar-refractivity contribution in [2.45, 2.75) is 6.92 Å². The van der Waals surface area contributed by atoms with Crippen molar-refractivity contribution >= 4 is 16.7 Å². The summed E-state index contributed by atoms with van der Waals surface area (Å²) in [6.07, 6.45) is 10.4. The molecular weight excluding hydrogens is 396 g/mol. The minimum atomic E-state index is -0.551. The molecule has 1 aliphatic carbocycles. The first-order chi connectivity index (χ1) is 13.1. The summed E-state index contributed by atoms with van der Waals surface area (Å²) >= 11 is 0. The Balaban J connectivity index is 0.000000408. The second-order valence-corrected chi connectivity index (χ2v) is 5.96. The standard InChI is InChI=1S/C18H14O4.C5H5.Fe/c1-11-10-16(21)22-18-13(11)7-9-15(20)17(18)14(19)8-6-12-4-2-3-5-12;1-2-4-5-3-1;/h2-10,19-20H,1H3;1-5H;/q;-1;+2/p-1. The van der Waals surface area contributed by atoms with E-state index in [2.05, 4.69) is 0 Å². The van der Waals surface area contributed by atoms with Gasteiger partial charge in [-0.1, -0.05) is 42.2 Å². The third kappa shape index (κ3) is 4.97. The molecule has 0 aliphatic heterocycles. The Labute approximate surface area is 173 Å². The number of hydrogen-bond donors (Lipinski definition) is 1. The third-order valence-electron chi connectivity index (χ3n) is 4.02. The average molecular weight is 414 g/mol. The van der Waals surface area contributed by atoms with Crippen LogP contribution in [0.4, 0.5) is 0 Å². The van der Waals surface area contributed by atoms with E-state index >= 15 is 0 Å². The topological polar surface area (TPSA) is 73.5 Å². The molecule has 142 valence electrons. The molecule has 0 saturated carbocycles. The normalized spacial score (nSPS) is 12.5. The second kappa shape index (κ2) is 9.70. The summed E-state index contributed by atoms with van der Waals surface area (Å²) in [5.41, 5.74) is 1.14. The van der Waals surface area contributed by atoms with Crippen LogP contribution in [0.1, 0.15) is 11.1 Å². The Bertz CT molecular complexity index is 1080. The van der Waals surface area contributed by atoms with Crippen molar-refractivity contribution in [2.24, 2.45) is 0 Å². The molecule has 4 rings (SSSR count). The van der Waals surface area contributed by atoms with E-state index in [4.69, 9.17) is 4.42 Å². The summed E-state index contributed by atoms with van der Waals surface area (Å²) < 4.78 is 5.14. The van der Waals surface area contributed by atoms with Gasteiger partial charge in [0.05, 0.1) is 5.56 Å². The number of phenolic OH excluding ortho intramolecular Hbond substituents is 1. The van der Waals surface area contributed by atoms with E-state index in [0.29, 0.717) is 10.9 Å². The van der Waals surface area contributed by atoms with Crippen molar-refractivity contribution in [3.63, 3.8) is 0 Å². The van der Waals surface area contributed by atoms with E-state index in [1.807, 2.05) is 54.6 Å². The van der Waals surface area contributed by atoms with Crippen molar-refractivity contribution in [1.82, 2.24) is 0 Å². The molecule has 28 heavy (non-hydrogen) atoms. The maximum absolute atomic E-state index is 12.4. The molecule has 0 amide bonds. The predicted molar refractivity (Wildman–Crippen MR) is 105 cm³/mol. The van der Waals surface area contributed by atoms with Crippen LogP contribution in [0.5, 0.6) is 5.75 Å². The van der Waals surface area contributed by atoms with Gasteiger partial charge in [0.15, 0.2) is 0 Å². The number of benzene rings is 1. The van der Waals surface area contributed by atoms with Gasteiger partial charge in [0.25, 0.3) is 0 Å². The number of hydrogen-bond acceptors (Lipinski definition) is 4. The molecule has 1 N–H and O–H groups in total. The first kappa shape index (κ1) is 21.2. The molecular formula is C23H18FeO4. The summed E-state index contributed by atoms with van der Waals surface area (Å²) in [5, 5.41) is 23.0. The smallest absolute Gasteiger partial charge is 0.872 e. The van der Waals surface area contributed by atoms with E-state index in [9.17, 15) is 15.0 Å². The van der Waals surface area contributed by atoms with Crippen molar-refractivity contribution < 1.29 is 31.7 Å². The van der Waals surface area contributed by atoms with Crippen LogP contribution in [0.2, 0.25) is 0 Å². The summed E-state index contributed by atoms with van der Waals surface area (Å²) in [6, 6.07) is 14.4. The molecule has 0 radical (unpaired) electrons. The quantitative estimate of drug-likeness (QED) is 0.298. The van der Waals surface area contributed by atoms with E-state index < -0.39 is 11.4 Å². The van der Waals surface area contributed by atoms with Crippen LogP contribution in [-0.4, -0.2) is 5.11 Å². The van der Waals surface area contributed by atoms with E-state index in [-0.39, 0.29) is 34.0 Å². The van der Waals surface area contributed by atoms with Gasteiger partial charge in [-0.15, -0.1) is 0 Å². The van der Waals surface area contributed by atoms with Crippen LogP contribution in [0.3, 0.4) is 0 Å². The number of phenols is 1. The molecule has 0 fully saturated rings. The zero-order valence-corrected chi connectivity index (χ0v) is 16.2. The number of aromatic hydroxyl groups is 1. The third-order valence-corrected chi connectivity index (χ3v) is 4.02. The molecule has 1 aliphatic rings. The second-order valence-electron chi connectivity index (χ2n) is 5.96. The Morgan fingerprint density at radius 2 is 1.86 bits per heavy atom. The van der Waals surface area contributed by atoms with Gasteiger partial charge in [-0.2, -0.15) is 18.2 Å². The summed E-state index contributed by atoms with van der Waals surface area (Å²) in [7, 11) is 0. The summed E-state index contributed by atoms with van der Waals surface area (Å²) in [6.45, 7) is 1.75. The van der Waals surface area contributed by atoms with E-state index in [0.717, 1.165) is 5.57 Å². The number of aryl methyl sites for hydroxylation is 1. The van der Waals surface area contributed by atoms with Gasteiger partial charge in [0, 0.05) is 11.5 Å². The van der Waals surface area contributed by atoms with E-state index in [1.165, 1.54) is 18.2 Å². The molecule has 0 bridgehead atoms. The van der Waals surface area contributed by atoms with Gasteiger partial charge < -0.3 is 14.6 Å². The average Bonchev–Trinajstić information content (AvgIpc) is 3.35. The molecule has 5 heteroatoms. The minimum Gasteiger partial charge on any atom is -0.872 e. The van der Waals surface area contributed by atoms with Gasteiger partial charge in [-0.3, -0.25) is 0 Å². The van der Waals surface area contributed by atoms with Gasteiger partial charge in [-0.05, 0) is 30.2 Å². The van der Waals surface area contributed by atoms with Crippen molar-refractivity contribution in [1.29, 1.82) is 0 Å². The Kier molecular flexibility index (Phi) is 7.33. The predicted octanol–water partition coefficient (Wildman–Crippen LogP) is 3.96. The fraction of sp³-hybridized carbons (Fsp3) is 0.0435. The zero-order valence-electron chi connectivity index (χ0n) is 15.1. The Hall–Kier alpha value is -3.14. The van der Waals surface area contributed by atoms with Crippen LogP contribution in [0.25, 0.3) is 16.7 Å². The largest absolute Gasteiger partial charge is 2.00 e. The fourth-order valence-electron chi connectivity index (χ4n) is 2.69. The molecule has 0 atom stereocenters. The van der Waals surface area contributed by atoms with Crippen LogP contribution in [-0.2, 0) is 17.1 Å². The maximum Gasteiger partial charge on any atom is 2.00 e. The SMILES string of the molecule is Cc1cc(=O)oc2c(C([O-])=CC=C3C=CC=C3)c(O)ccc12.[Fe+2].c1cc[cH-]c1. The summed E-state index contributed by atoms with van der Waals surface area (Å²) in [5.74, 6) is -0.628. The number of allylic oxidation sites excluding steroid dienone is 7. The first-order valence-corrected chi connectivity index (χ1v) is 8.43. The molecule has 3 aromatic rings. The Morgan fingerprint density at radius 1 is 1.18 bits per heavy atom. The van der Waals surface area contributed by atoms with Crippen LogP contribution < -0.4 is 10.7 Å². The number of fused-ring (bicyclic) bond motifs is 1. The van der Waals surface area contributed by atoms with Gasteiger partial charge >= 0.3 is 22.7 Å². The van der Waals surface area contributed by atoms with Crippen LogP contribution in [0.15, 0.2) is 99.8 Å². The Morgan fingerprint density at radius 3 is 2.46 bits per heavy atom. The van der Waals surface area contributed by atoms with Crippen molar-refractivity contribution in [3.05, 3.63) is 112 Å².